The summed E-state index contributed by atoms with van der Waals surface area (Å²) in [5, 5.41) is 3.93. The largest absolute Gasteiger partial charge is 0.390 e. The number of aromatic amines is 1. The molecule has 31 heavy (non-hydrogen) atoms. The highest BCUT2D eigenvalue weighted by molar-refractivity contribution is 7.11. The molecule has 3 heterocycles. The minimum Gasteiger partial charge on any atom is -0.289 e. The van der Waals surface area contributed by atoms with Crippen LogP contribution in [0.15, 0.2) is 89.3 Å². The number of carbonyl (C=O) groups excluding carboxylic acids is 2. The van der Waals surface area contributed by atoms with Crippen molar-refractivity contribution in [1.82, 2.24) is 15.4 Å². The first kappa shape index (κ1) is 20.0. The van der Waals surface area contributed by atoms with Crippen molar-refractivity contribution in [3.8, 4) is 5.82 Å². The minimum atomic E-state index is -0.412. The Bertz CT molecular complexity index is 1300. The molecule has 9 heteroatoms. The van der Waals surface area contributed by atoms with E-state index in [1.54, 1.807) is 59.6 Å². The summed E-state index contributed by atoms with van der Waals surface area (Å²) in [5.41, 5.74) is 3.90. The van der Waals surface area contributed by atoms with Crippen molar-refractivity contribution in [3.05, 3.63) is 111 Å². The molecule has 152 valence electrons. The molecule has 4 rings (SSSR count). The molecule has 0 aliphatic heterocycles. The van der Waals surface area contributed by atoms with Gasteiger partial charge in [-0.05, 0) is 35.6 Å². The van der Waals surface area contributed by atoms with Crippen LogP contribution in [0.25, 0.3) is 5.82 Å². The Labute approximate surface area is 180 Å². The molecule has 3 aromatic heterocycles. The van der Waals surface area contributed by atoms with Gasteiger partial charge < -0.3 is 0 Å². The molecule has 0 aliphatic rings. The van der Waals surface area contributed by atoms with E-state index in [4.69, 9.17) is 0 Å². The van der Waals surface area contributed by atoms with Crippen LogP contribution < -0.4 is 14.9 Å². The predicted molar refractivity (Wildman–Crippen MR) is 116 cm³/mol. The number of hydrazone groups is 1. The van der Waals surface area contributed by atoms with E-state index in [1.807, 2.05) is 18.2 Å². The summed E-state index contributed by atoms with van der Waals surface area (Å²) in [5.74, 6) is -0.0234. The van der Waals surface area contributed by atoms with Crippen LogP contribution in [-0.4, -0.2) is 27.9 Å². The number of amides is 1. The van der Waals surface area contributed by atoms with Crippen molar-refractivity contribution >= 4 is 29.2 Å². The lowest BCUT2D eigenvalue weighted by Gasteiger charge is -2.02. The van der Waals surface area contributed by atoms with E-state index < -0.39 is 5.91 Å². The molecule has 4 aromatic rings. The summed E-state index contributed by atoms with van der Waals surface area (Å²) < 4.78 is 1.67. The van der Waals surface area contributed by atoms with Gasteiger partial charge in [-0.2, -0.15) is 10.1 Å². The number of ketones is 1. The van der Waals surface area contributed by atoms with Gasteiger partial charge >= 0.3 is 10.7 Å². The van der Waals surface area contributed by atoms with Crippen LogP contribution in [0.4, 0.5) is 0 Å². The number of aromatic nitrogens is 3. The maximum Gasteiger partial charge on any atom is 0.390 e. The SMILES string of the molecule is O=C(N/N=C\c1sc(=O)[nH]c1-[n+]1ccc(C(=O)c2ccccc2)cc1)c1cccnc1. The number of thiazole rings is 1. The topological polar surface area (TPSA) is 108 Å². The lowest BCUT2D eigenvalue weighted by Crippen LogP contribution is -2.32. The molecule has 0 radical (unpaired) electrons. The number of benzene rings is 1. The number of rotatable bonds is 6. The monoisotopic (exact) mass is 430 g/mol. The third kappa shape index (κ3) is 4.68. The number of carbonyl (C=O) groups is 2. The van der Waals surface area contributed by atoms with Crippen LogP contribution in [0.2, 0.25) is 0 Å². The molecule has 1 amide bonds. The number of nitrogens with zero attached hydrogens (tertiary/aromatic N) is 3. The maximum atomic E-state index is 12.6. The molecule has 0 spiro atoms. The van der Waals surface area contributed by atoms with E-state index in [1.165, 1.54) is 12.4 Å². The normalized spacial score (nSPS) is 10.8. The zero-order chi connectivity index (χ0) is 21.6. The van der Waals surface area contributed by atoms with Gasteiger partial charge in [0, 0.05) is 23.5 Å². The van der Waals surface area contributed by atoms with Crippen LogP contribution in [-0.2, 0) is 0 Å². The zero-order valence-corrected chi connectivity index (χ0v) is 16.9. The quantitative estimate of drug-likeness (QED) is 0.211. The molecule has 0 fully saturated rings. The highest BCUT2D eigenvalue weighted by atomic mass is 32.1. The lowest BCUT2D eigenvalue weighted by atomic mass is 10.0. The highest BCUT2D eigenvalue weighted by Gasteiger charge is 2.17. The first-order valence-corrected chi connectivity index (χ1v) is 10.0. The molecule has 0 aliphatic carbocycles. The second kappa shape index (κ2) is 9.06. The van der Waals surface area contributed by atoms with E-state index in [9.17, 15) is 14.4 Å². The number of hydrogen-bond acceptors (Lipinski definition) is 6. The fraction of sp³-hybridized carbons (Fsp3) is 0. The zero-order valence-electron chi connectivity index (χ0n) is 16.1. The standard InChI is InChI=1S/C22H15N5O3S/c28-19(15-5-2-1-3-6-15)16-8-11-27(12-9-16)20-18(31-22(30)25-20)14-24-26-21(29)17-7-4-10-23-13-17/h1-14,28H/p+1. The Balaban J connectivity index is 1.52. The lowest BCUT2D eigenvalue weighted by molar-refractivity contribution is -0.599. The van der Waals surface area contributed by atoms with Gasteiger partial charge in [0.25, 0.3) is 5.91 Å². The van der Waals surface area contributed by atoms with Crippen molar-refractivity contribution in [3.63, 3.8) is 0 Å². The Kier molecular flexibility index (Phi) is 5.86. The van der Waals surface area contributed by atoms with Crippen molar-refractivity contribution in [2.45, 2.75) is 0 Å². The summed E-state index contributed by atoms with van der Waals surface area (Å²) in [6, 6.07) is 15.6. The molecule has 0 saturated heterocycles. The van der Waals surface area contributed by atoms with E-state index in [0.29, 0.717) is 27.4 Å². The molecule has 1 aromatic carbocycles. The number of H-pyrrole nitrogens is 1. The molecule has 0 unspecified atom stereocenters. The second-order valence-corrected chi connectivity index (χ2v) is 7.37. The summed E-state index contributed by atoms with van der Waals surface area (Å²) in [4.78, 5) is 43.4. The molecule has 0 saturated carbocycles. The Hall–Kier alpha value is -4.24. The minimum absolute atomic E-state index is 0.0912. The average molecular weight is 430 g/mol. The first-order chi connectivity index (χ1) is 15.1. The maximum absolute atomic E-state index is 12.6. The van der Waals surface area contributed by atoms with Crippen LogP contribution in [0.3, 0.4) is 0 Å². The number of hydrogen-bond donors (Lipinski definition) is 2. The van der Waals surface area contributed by atoms with E-state index in [2.05, 4.69) is 20.5 Å². The Morgan fingerprint density at radius 2 is 1.71 bits per heavy atom. The molecule has 8 nitrogen and oxygen atoms in total. The van der Waals surface area contributed by atoms with Crippen LogP contribution >= 0.6 is 11.3 Å². The summed E-state index contributed by atoms with van der Waals surface area (Å²) in [6.45, 7) is 0. The van der Waals surface area contributed by atoms with Gasteiger partial charge in [0.1, 0.15) is 4.88 Å². The van der Waals surface area contributed by atoms with E-state index >= 15 is 0 Å². The van der Waals surface area contributed by atoms with Crippen molar-refractivity contribution in [1.29, 1.82) is 0 Å². The fourth-order valence-electron chi connectivity index (χ4n) is 2.81. The summed E-state index contributed by atoms with van der Waals surface area (Å²) in [7, 11) is 0. The highest BCUT2D eigenvalue weighted by Crippen LogP contribution is 2.10. The van der Waals surface area contributed by atoms with Crippen LogP contribution in [0, 0.1) is 0 Å². The third-order valence-corrected chi connectivity index (χ3v) is 5.12. The van der Waals surface area contributed by atoms with Gasteiger partial charge in [0.15, 0.2) is 5.78 Å². The van der Waals surface area contributed by atoms with Gasteiger partial charge in [0.05, 0.1) is 24.2 Å². The van der Waals surface area contributed by atoms with Crippen molar-refractivity contribution in [2.75, 3.05) is 0 Å². The average Bonchev–Trinajstić information content (AvgIpc) is 3.20. The van der Waals surface area contributed by atoms with Crippen molar-refractivity contribution < 1.29 is 14.2 Å². The fourth-order valence-corrected chi connectivity index (χ4v) is 3.51. The molecule has 2 N–H and O–H groups in total. The number of nitrogens with one attached hydrogen (secondary N) is 2. The molecule has 0 bridgehead atoms. The van der Waals surface area contributed by atoms with Gasteiger partial charge in [0.2, 0.25) is 0 Å². The van der Waals surface area contributed by atoms with Crippen molar-refractivity contribution in [2.24, 2.45) is 5.10 Å². The predicted octanol–water partition coefficient (Wildman–Crippen LogP) is 2.10. The van der Waals surface area contributed by atoms with Gasteiger partial charge in [-0.3, -0.25) is 14.6 Å². The van der Waals surface area contributed by atoms with Gasteiger partial charge in [-0.1, -0.05) is 30.3 Å². The van der Waals surface area contributed by atoms with Gasteiger partial charge in [-0.25, -0.2) is 14.8 Å². The summed E-state index contributed by atoms with van der Waals surface area (Å²) in [6.07, 6.45) is 7.75. The van der Waals surface area contributed by atoms with E-state index in [0.717, 1.165) is 11.3 Å². The number of pyridine rings is 2. The van der Waals surface area contributed by atoms with Gasteiger partial charge in [-0.15, -0.1) is 0 Å². The smallest absolute Gasteiger partial charge is 0.289 e. The third-order valence-electron chi connectivity index (χ3n) is 4.31. The Morgan fingerprint density at radius 1 is 1.00 bits per heavy atom. The van der Waals surface area contributed by atoms with E-state index in [-0.39, 0.29) is 10.7 Å². The second-order valence-electron chi connectivity index (χ2n) is 6.36. The Morgan fingerprint density at radius 3 is 2.42 bits per heavy atom. The molecule has 0 atom stereocenters. The van der Waals surface area contributed by atoms with Crippen LogP contribution in [0.5, 0.6) is 0 Å². The molecular weight excluding hydrogens is 414 g/mol. The van der Waals surface area contributed by atoms with Crippen LogP contribution in [0.1, 0.15) is 31.2 Å². The summed E-state index contributed by atoms with van der Waals surface area (Å²) >= 11 is 0.952. The molecular formula is C22H16N5O3S+. The first-order valence-electron chi connectivity index (χ1n) is 9.20.